The number of aliphatic hydroxyl groups excluding tert-OH is 1. The average molecular weight is 669 g/mol. The third-order valence-corrected chi connectivity index (χ3v) is 11.6. The van der Waals surface area contributed by atoms with Crippen LogP contribution in [0.25, 0.3) is 0 Å². The number of rotatable bonds is 18. The van der Waals surface area contributed by atoms with Crippen LogP contribution < -0.4 is 4.74 Å². The lowest BCUT2D eigenvalue weighted by molar-refractivity contribution is -0.142. The van der Waals surface area contributed by atoms with Crippen LogP contribution in [0.3, 0.4) is 0 Å². The molecule has 0 aromatic heterocycles. The van der Waals surface area contributed by atoms with Gasteiger partial charge in [-0.2, -0.15) is 0 Å². The molecule has 7 nitrogen and oxygen atoms in total. The van der Waals surface area contributed by atoms with Gasteiger partial charge in [0, 0.05) is 7.11 Å². The Bertz CT molecular complexity index is 1120. The smallest absolute Gasteiger partial charge is 0.335 e. The largest absolute Gasteiger partial charge is 0.460 e. The molecule has 3 aliphatic rings. The Morgan fingerprint density at radius 3 is 2.15 bits per heavy atom. The number of hydrogen-bond acceptors (Lipinski definition) is 7. The van der Waals surface area contributed by atoms with E-state index >= 15 is 0 Å². The summed E-state index contributed by atoms with van der Waals surface area (Å²) in [5.74, 6) is 2.86. The summed E-state index contributed by atoms with van der Waals surface area (Å²) < 4.78 is 22.0. The lowest BCUT2D eigenvalue weighted by Crippen LogP contribution is -2.26. The number of ether oxygens (including phenoxy) is 4. The maximum Gasteiger partial charge on any atom is 0.335 e. The van der Waals surface area contributed by atoms with Gasteiger partial charge in [0.15, 0.2) is 0 Å². The Labute approximate surface area is 290 Å². The fraction of sp³-hybridized carbons (Fsp3) is 0.756. The molecule has 1 atom stereocenters. The first kappa shape index (κ1) is 38.6. The first-order chi connectivity index (χ1) is 23.3. The van der Waals surface area contributed by atoms with E-state index in [9.17, 15) is 14.7 Å². The van der Waals surface area contributed by atoms with Crippen molar-refractivity contribution in [2.75, 3.05) is 33.5 Å². The average Bonchev–Trinajstić information content (AvgIpc) is 3.12. The lowest BCUT2D eigenvalue weighted by Gasteiger charge is -2.39. The Morgan fingerprint density at radius 2 is 1.50 bits per heavy atom. The molecule has 0 radical (unpaired) electrons. The van der Waals surface area contributed by atoms with Gasteiger partial charge in [-0.15, -0.1) is 0 Å². The van der Waals surface area contributed by atoms with Crippen molar-refractivity contribution in [3.8, 4) is 5.75 Å². The summed E-state index contributed by atoms with van der Waals surface area (Å²) >= 11 is 0. The van der Waals surface area contributed by atoms with Crippen LogP contribution in [0.4, 0.5) is 0 Å². The van der Waals surface area contributed by atoms with Gasteiger partial charge in [-0.3, -0.25) is 4.79 Å². The molecule has 0 spiro atoms. The predicted molar refractivity (Wildman–Crippen MR) is 190 cm³/mol. The third-order valence-electron chi connectivity index (χ3n) is 11.6. The van der Waals surface area contributed by atoms with Crippen molar-refractivity contribution in [3.05, 3.63) is 41.5 Å². The van der Waals surface area contributed by atoms with Gasteiger partial charge < -0.3 is 24.1 Å². The van der Waals surface area contributed by atoms with Crippen molar-refractivity contribution >= 4 is 11.9 Å². The standard InChI is InChI=1S/C41H64O7/c1-5-6-7-8-9-31-10-12-32(13-11-31)33-14-16-35(17-15-33)39-26-37(48-41(44)29(2)27-42)22-23-38(39)34-18-20-36(21-19-34)46-24-25-47-40(43)30(3)28-45-4/h22-23,26,29,31-36,42H,3,5-21,24-25,27-28H2,1-2,4H3. The van der Waals surface area contributed by atoms with E-state index in [0.29, 0.717) is 29.8 Å². The van der Waals surface area contributed by atoms with E-state index < -0.39 is 11.9 Å². The summed E-state index contributed by atoms with van der Waals surface area (Å²) in [5.41, 5.74) is 3.07. The number of esters is 2. The molecule has 270 valence electrons. The van der Waals surface area contributed by atoms with E-state index in [1.54, 1.807) is 6.92 Å². The molecule has 0 bridgehead atoms. The summed E-state index contributed by atoms with van der Waals surface area (Å²) in [6.45, 7) is 8.22. The van der Waals surface area contributed by atoms with Crippen LogP contribution in [-0.4, -0.2) is 56.7 Å². The fourth-order valence-corrected chi connectivity index (χ4v) is 8.57. The van der Waals surface area contributed by atoms with Gasteiger partial charge in [-0.05, 0) is 124 Å². The molecule has 0 saturated heterocycles. The SMILES string of the molecule is C=C(COC)C(=O)OCCOC1CCC(c2ccc(OC(=O)C(C)CO)cc2C2CCC(C3CCC(CCCCCC)CC3)CC2)CC1. The quantitative estimate of drug-likeness (QED) is 0.0722. The summed E-state index contributed by atoms with van der Waals surface area (Å²) in [5, 5.41) is 9.47. The molecule has 0 aliphatic heterocycles. The van der Waals surface area contributed by atoms with E-state index in [1.807, 2.05) is 6.07 Å². The summed E-state index contributed by atoms with van der Waals surface area (Å²) in [4.78, 5) is 24.5. The third kappa shape index (κ3) is 11.7. The molecule has 1 N–H and O–H groups in total. The maximum atomic E-state index is 12.6. The minimum atomic E-state index is -0.544. The van der Waals surface area contributed by atoms with E-state index in [1.165, 1.54) is 102 Å². The Hall–Kier alpha value is -2.22. The van der Waals surface area contributed by atoms with E-state index in [4.69, 9.17) is 18.9 Å². The molecule has 1 aromatic carbocycles. The maximum absolute atomic E-state index is 12.6. The van der Waals surface area contributed by atoms with Crippen LogP contribution >= 0.6 is 0 Å². The molecule has 4 rings (SSSR count). The number of carbonyl (C=O) groups excluding carboxylic acids is 2. The lowest BCUT2D eigenvalue weighted by atomic mass is 9.67. The number of hydrogen-bond donors (Lipinski definition) is 1. The van der Waals surface area contributed by atoms with Gasteiger partial charge >= 0.3 is 11.9 Å². The van der Waals surface area contributed by atoms with Gasteiger partial charge in [0.1, 0.15) is 12.4 Å². The van der Waals surface area contributed by atoms with Crippen molar-refractivity contribution in [1.82, 2.24) is 0 Å². The molecule has 3 saturated carbocycles. The highest BCUT2D eigenvalue weighted by Crippen LogP contribution is 2.47. The Kier molecular flexibility index (Phi) is 16.4. The van der Waals surface area contributed by atoms with Gasteiger partial charge in [0.2, 0.25) is 0 Å². The van der Waals surface area contributed by atoms with E-state index in [-0.39, 0.29) is 31.9 Å². The Morgan fingerprint density at radius 1 is 0.854 bits per heavy atom. The van der Waals surface area contributed by atoms with Crippen LogP contribution in [0.5, 0.6) is 5.75 Å². The minimum absolute atomic E-state index is 0.160. The fourth-order valence-electron chi connectivity index (χ4n) is 8.57. The van der Waals surface area contributed by atoms with Crippen molar-refractivity contribution < 1.29 is 33.6 Å². The topological polar surface area (TPSA) is 91.3 Å². The van der Waals surface area contributed by atoms with Crippen LogP contribution in [-0.2, 0) is 23.8 Å². The van der Waals surface area contributed by atoms with Gasteiger partial charge in [-0.25, -0.2) is 4.79 Å². The normalized spacial score (nSPS) is 26.8. The molecular formula is C41H64O7. The summed E-state index contributed by atoms with van der Waals surface area (Å²) in [6, 6.07) is 6.29. The number of benzene rings is 1. The van der Waals surface area contributed by atoms with Crippen molar-refractivity contribution in [2.24, 2.45) is 23.7 Å². The molecule has 0 amide bonds. The zero-order valence-corrected chi connectivity index (χ0v) is 30.2. The predicted octanol–water partition coefficient (Wildman–Crippen LogP) is 9.06. The van der Waals surface area contributed by atoms with E-state index in [0.717, 1.165) is 43.4 Å². The highest BCUT2D eigenvalue weighted by atomic mass is 16.6. The van der Waals surface area contributed by atoms with Crippen LogP contribution in [0.1, 0.15) is 146 Å². The molecule has 48 heavy (non-hydrogen) atoms. The van der Waals surface area contributed by atoms with Crippen molar-refractivity contribution in [1.29, 1.82) is 0 Å². The number of methoxy groups -OCH3 is 1. The summed E-state index contributed by atoms with van der Waals surface area (Å²) in [7, 11) is 1.52. The minimum Gasteiger partial charge on any atom is -0.460 e. The first-order valence-corrected chi connectivity index (χ1v) is 19.2. The second kappa shape index (κ2) is 20.5. The highest BCUT2D eigenvalue weighted by Gasteiger charge is 2.33. The second-order valence-corrected chi connectivity index (χ2v) is 15.1. The molecule has 0 heterocycles. The van der Waals surface area contributed by atoms with Crippen molar-refractivity contribution in [3.63, 3.8) is 0 Å². The van der Waals surface area contributed by atoms with E-state index in [2.05, 4.69) is 25.6 Å². The monoisotopic (exact) mass is 668 g/mol. The van der Waals surface area contributed by atoms with Crippen LogP contribution in [0, 0.1) is 23.7 Å². The first-order valence-electron chi connectivity index (χ1n) is 19.2. The second-order valence-electron chi connectivity index (χ2n) is 15.1. The molecule has 3 aliphatic carbocycles. The van der Waals surface area contributed by atoms with Gasteiger partial charge in [0.25, 0.3) is 0 Å². The molecule has 1 unspecified atom stereocenters. The number of aliphatic hydroxyl groups is 1. The van der Waals surface area contributed by atoms with Crippen LogP contribution in [0.2, 0.25) is 0 Å². The zero-order chi connectivity index (χ0) is 34.3. The molecular weight excluding hydrogens is 604 g/mol. The highest BCUT2D eigenvalue weighted by molar-refractivity contribution is 5.87. The van der Waals surface area contributed by atoms with Gasteiger partial charge in [0.05, 0.1) is 37.4 Å². The zero-order valence-electron chi connectivity index (χ0n) is 30.2. The Balaban J connectivity index is 1.31. The summed E-state index contributed by atoms with van der Waals surface area (Å²) in [6.07, 6.45) is 21.8. The molecule has 7 heteroatoms. The number of carbonyl (C=O) groups is 2. The number of unbranched alkanes of at least 4 members (excludes halogenated alkanes) is 3. The molecule has 3 fully saturated rings. The van der Waals surface area contributed by atoms with Gasteiger partial charge in [-0.1, -0.05) is 64.5 Å². The van der Waals surface area contributed by atoms with Crippen LogP contribution in [0.15, 0.2) is 30.4 Å². The molecule has 1 aromatic rings. The van der Waals surface area contributed by atoms with Crippen molar-refractivity contribution in [2.45, 2.75) is 141 Å².